The molecule has 0 radical (unpaired) electrons. The third kappa shape index (κ3) is 7.95. The summed E-state index contributed by atoms with van der Waals surface area (Å²) in [5, 5.41) is 5.60. The number of amides is 2. The average molecular weight is 229 g/mol. The molecule has 0 spiro atoms. The molecule has 0 aromatic carbocycles. The topological polar surface area (TPSA) is 93.4 Å². The summed E-state index contributed by atoms with van der Waals surface area (Å²) in [5.74, 6) is -0.605. The predicted octanol–water partition coefficient (Wildman–Crippen LogP) is -1.23. The first-order valence-electron chi connectivity index (χ1n) is 5.06. The Morgan fingerprint density at radius 1 is 1.56 bits per heavy atom. The van der Waals surface area contributed by atoms with Crippen molar-refractivity contribution in [1.82, 2.24) is 10.6 Å². The van der Waals surface area contributed by atoms with Crippen LogP contribution in [-0.4, -0.2) is 44.2 Å². The summed E-state index contributed by atoms with van der Waals surface area (Å²) in [7, 11) is 0. The van der Waals surface area contributed by atoms with Crippen molar-refractivity contribution in [3.05, 3.63) is 12.7 Å². The summed E-state index contributed by atoms with van der Waals surface area (Å²) < 4.78 is 4.92. The van der Waals surface area contributed by atoms with Crippen LogP contribution < -0.4 is 16.4 Å². The molecular formula is C10H19N3O3. The van der Waals surface area contributed by atoms with Crippen LogP contribution in [0, 0.1) is 0 Å². The monoisotopic (exact) mass is 229 g/mol. The third-order valence-corrected chi connectivity index (χ3v) is 1.76. The largest absolute Gasteiger partial charge is 0.370 e. The van der Waals surface area contributed by atoms with Crippen LogP contribution in [0.4, 0.5) is 0 Å². The predicted molar refractivity (Wildman–Crippen MR) is 60.7 cm³/mol. The number of hydrogen-bond donors (Lipinski definition) is 3. The zero-order valence-electron chi connectivity index (χ0n) is 9.49. The van der Waals surface area contributed by atoms with Crippen LogP contribution in [0.25, 0.3) is 0 Å². The minimum atomic E-state index is -0.503. The van der Waals surface area contributed by atoms with Crippen molar-refractivity contribution < 1.29 is 14.3 Å². The highest BCUT2D eigenvalue weighted by Gasteiger charge is 2.09. The number of ether oxygens (including phenoxy) is 1. The second-order valence-electron chi connectivity index (χ2n) is 3.23. The Morgan fingerprint density at radius 2 is 2.25 bits per heavy atom. The number of primary amides is 1. The molecule has 0 rings (SSSR count). The molecule has 4 N–H and O–H groups in total. The highest BCUT2D eigenvalue weighted by Crippen LogP contribution is 1.82. The summed E-state index contributed by atoms with van der Waals surface area (Å²) in [5.41, 5.74) is 4.88. The Kier molecular flexibility index (Phi) is 8.10. The van der Waals surface area contributed by atoms with Crippen molar-refractivity contribution in [2.75, 3.05) is 26.3 Å². The summed E-state index contributed by atoms with van der Waals surface area (Å²) >= 11 is 0. The molecule has 0 fully saturated rings. The van der Waals surface area contributed by atoms with Crippen LogP contribution in [0.1, 0.15) is 6.92 Å². The van der Waals surface area contributed by atoms with Crippen molar-refractivity contribution in [3.63, 3.8) is 0 Å². The van der Waals surface area contributed by atoms with E-state index in [0.29, 0.717) is 19.7 Å². The van der Waals surface area contributed by atoms with Gasteiger partial charge in [0.1, 0.15) is 6.61 Å². The fourth-order valence-electron chi connectivity index (χ4n) is 0.939. The molecule has 6 nitrogen and oxygen atoms in total. The molecule has 0 heterocycles. The molecule has 16 heavy (non-hydrogen) atoms. The SMILES string of the molecule is C=CCNC(=O)C(C)NCCOCC(N)=O. The average Bonchev–Trinajstić information content (AvgIpc) is 2.24. The molecule has 0 aromatic rings. The molecule has 0 aromatic heterocycles. The van der Waals surface area contributed by atoms with Crippen LogP contribution >= 0.6 is 0 Å². The second kappa shape index (κ2) is 8.87. The molecule has 0 saturated heterocycles. The van der Waals surface area contributed by atoms with E-state index in [0.717, 1.165) is 0 Å². The van der Waals surface area contributed by atoms with E-state index in [2.05, 4.69) is 17.2 Å². The molecule has 0 bridgehead atoms. The van der Waals surface area contributed by atoms with E-state index in [4.69, 9.17) is 10.5 Å². The zero-order valence-corrected chi connectivity index (χ0v) is 9.49. The second-order valence-corrected chi connectivity index (χ2v) is 3.23. The van der Waals surface area contributed by atoms with Gasteiger partial charge in [0.15, 0.2) is 0 Å². The summed E-state index contributed by atoms with van der Waals surface area (Å²) in [6.45, 7) is 6.41. The molecule has 0 aliphatic rings. The maximum absolute atomic E-state index is 11.3. The van der Waals surface area contributed by atoms with Gasteiger partial charge in [-0.05, 0) is 6.92 Å². The van der Waals surface area contributed by atoms with Crippen molar-refractivity contribution in [1.29, 1.82) is 0 Å². The number of carbonyl (C=O) groups is 2. The quantitative estimate of drug-likeness (QED) is 0.341. The lowest BCUT2D eigenvalue weighted by Gasteiger charge is -2.12. The number of nitrogens with one attached hydrogen (secondary N) is 2. The van der Waals surface area contributed by atoms with E-state index in [-0.39, 0.29) is 18.6 Å². The molecule has 0 saturated carbocycles. The van der Waals surface area contributed by atoms with Crippen LogP contribution in [0.2, 0.25) is 0 Å². The molecule has 1 atom stereocenters. The van der Waals surface area contributed by atoms with Gasteiger partial charge in [-0.15, -0.1) is 6.58 Å². The molecule has 2 amide bonds. The van der Waals surface area contributed by atoms with Gasteiger partial charge in [0.05, 0.1) is 12.6 Å². The third-order valence-electron chi connectivity index (χ3n) is 1.76. The lowest BCUT2D eigenvalue weighted by molar-refractivity contribution is -0.124. The van der Waals surface area contributed by atoms with E-state index in [1.54, 1.807) is 13.0 Å². The Morgan fingerprint density at radius 3 is 2.81 bits per heavy atom. The van der Waals surface area contributed by atoms with Gasteiger partial charge >= 0.3 is 0 Å². The highest BCUT2D eigenvalue weighted by molar-refractivity contribution is 5.81. The van der Waals surface area contributed by atoms with Gasteiger partial charge in [0.25, 0.3) is 0 Å². The fraction of sp³-hybridized carbons (Fsp3) is 0.600. The van der Waals surface area contributed by atoms with Gasteiger partial charge in [-0.1, -0.05) is 6.08 Å². The molecular weight excluding hydrogens is 210 g/mol. The summed E-state index contributed by atoms with van der Waals surface area (Å²) in [6.07, 6.45) is 1.61. The molecule has 0 aliphatic heterocycles. The van der Waals surface area contributed by atoms with Crippen LogP contribution in [-0.2, 0) is 14.3 Å². The summed E-state index contributed by atoms with van der Waals surface area (Å²) in [6, 6.07) is -0.308. The van der Waals surface area contributed by atoms with E-state index < -0.39 is 5.91 Å². The van der Waals surface area contributed by atoms with Gasteiger partial charge in [0.2, 0.25) is 11.8 Å². The van der Waals surface area contributed by atoms with E-state index >= 15 is 0 Å². The standard InChI is InChI=1S/C10H19N3O3/c1-3-4-13-10(15)8(2)12-5-6-16-7-9(11)14/h3,8,12H,1,4-7H2,2H3,(H2,11,14)(H,13,15). The lowest BCUT2D eigenvalue weighted by Crippen LogP contribution is -2.43. The fourth-order valence-corrected chi connectivity index (χ4v) is 0.939. The molecule has 0 aliphatic carbocycles. The van der Waals surface area contributed by atoms with Gasteiger partial charge in [0, 0.05) is 13.1 Å². The Hall–Kier alpha value is -1.40. The Bertz CT molecular complexity index is 243. The van der Waals surface area contributed by atoms with E-state index in [9.17, 15) is 9.59 Å². The van der Waals surface area contributed by atoms with Gasteiger partial charge in [-0.2, -0.15) is 0 Å². The minimum Gasteiger partial charge on any atom is -0.370 e. The van der Waals surface area contributed by atoms with Gasteiger partial charge < -0.3 is 21.1 Å². The van der Waals surface area contributed by atoms with Gasteiger partial charge in [-0.3, -0.25) is 9.59 Å². The minimum absolute atomic E-state index is 0.0985. The number of carbonyl (C=O) groups excluding carboxylic acids is 2. The first-order chi connectivity index (χ1) is 7.57. The summed E-state index contributed by atoms with van der Waals surface area (Å²) in [4.78, 5) is 21.7. The van der Waals surface area contributed by atoms with Crippen LogP contribution in [0.3, 0.4) is 0 Å². The molecule has 6 heteroatoms. The van der Waals surface area contributed by atoms with Crippen LogP contribution in [0.5, 0.6) is 0 Å². The number of hydrogen-bond acceptors (Lipinski definition) is 4. The Balaban J connectivity index is 3.49. The zero-order chi connectivity index (χ0) is 12.4. The van der Waals surface area contributed by atoms with Crippen molar-refractivity contribution >= 4 is 11.8 Å². The molecule has 1 unspecified atom stereocenters. The van der Waals surface area contributed by atoms with Crippen LogP contribution in [0.15, 0.2) is 12.7 Å². The van der Waals surface area contributed by atoms with Crippen molar-refractivity contribution in [2.24, 2.45) is 5.73 Å². The van der Waals surface area contributed by atoms with Gasteiger partial charge in [-0.25, -0.2) is 0 Å². The normalized spacial score (nSPS) is 11.8. The smallest absolute Gasteiger partial charge is 0.243 e. The maximum Gasteiger partial charge on any atom is 0.243 e. The number of nitrogens with two attached hydrogens (primary N) is 1. The van der Waals surface area contributed by atoms with E-state index in [1.807, 2.05) is 0 Å². The van der Waals surface area contributed by atoms with Crippen molar-refractivity contribution in [2.45, 2.75) is 13.0 Å². The lowest BCUT2D eigenvalue weighted by atomic mass is 10.3. The highest BCUT2D eigenvalue weighted by atomic mass is 16.5. The first kappa shape index (κ1) is 14.6. The Labute approximate surface area is 95.2 Å². The maximum atomic E-state index is 11.3. The van der Waals surface area contributed by atoms with E-state index in [1.165, 1.54) is 0 Å². The van der Waals surface area contributed by atoms with Crippen molar-refractivity contribution in [3.8, 4) is 0 Å². The molecule has 92 valence electrons. The first-order valence-corrected chi connectivity index (χ1v) is 5.06. The number of rotatable bonds is 9.